The van der Waals surface area contributed by atoms with Crippen molar-refractivity contribution < 1.29 is 17.5 Å². The van der Waals surface area contributed by atoms with E-state index >= 15 is 0 Å². The number of piperidine rings is 1. The molecule has 1 fully saturated rings. The summed E-state index contributed by atoms with van der Waals surface area (Å²) in [5, 5.41) is 3.08. The van der Waals surface area contributed by atoms with E-state index in [1.54, 1.807) is 0 Å². The molecule has 0 spiro atoms. The van der Waals surface area contributed by atoms with Crippen molar-refractivity contribution in [3.05, 3.63) is 24.0 Å². The summed E-state index contributed by atoms with van der Waals surface area (Å²) in [7, 11) is -0.426. The van der Waals surface area contributed by atoms with Gasteiger partial charge >= 0.3 is 0 Å². The van der Waals surface area contributed by atoms with Gasteiger partial charge in [-0.3, -0.25) is 0 Å². The molecule has 0 saturated carbocycles. The minimum absolute atomic E-state index is 0.0557. The monoisotopic (exact) mass is 316 g/mol. The number of halogens is 1. The van der Waals surface area contributed by atoms with Crippen molar-refractivity contribution in [2.24, 2.45) is 5.92 Å². The average Bonchev–Trinajstić information content (AvgIpc) is 2.48. The molecule has 1 atom stereocenters. The van der Waals surface area contributed by atoms with Gasteiger partial charge in [0, 0.05) is 19.2 Å². The summed E-state index contributed by atoms with van der Waals surface area (Å²) in [4.78, 5) is 0.0749. The zero-order valence-corrected chi connectivity index (χ0v) is 13.1. The standard InChI is InChI=1S/C14H21FN2O3S/c1-16-9-11-4-3-7-17(10-11)21(18,19)12-5-6-13(15)14(8-12)20-2/h5-6,8,11,16H,3-4,7,9-10H2,1-2H3. The molecule has 0 amide bonds. The largest absolute Gasteiger partial charge is 0.494 e. The third-order valence-electron chi connectivity index (χ3n) is 3.73. The van der Waals surface area contributed by atoms with Gasteiger partial charge in [0.15, 0.2) is 11.6 Å². The Labute approximate surface area is 125 Å². The summed E-state index contributed by atoms with van der Waals surface area (Å²) in [5.41, 5.74) is 0. The second kappa shape index (κ2) is 6.72. The van der Waals surface area contributed by atoms with Gasteiger partial charge in [0.05, 0.1) is 12.0 Å². The molecule has 1 aliphatic rings. The second-order valence-corrected chi connectivity index (χ2v) is 7.16. The van der Waals surface area contributed by atoms with Gasteiger partial charge in [-0.05, 0) is 44.5 Å². The summed E-state index contributed by atoms with van der Waals surface area (Å²) in [6, 6.07) is 3.65. The van der Waals surface area contributed by atoms with Crippen LogP contribution in [0.1, 0.15) is 12.8 Å². The Morgan fingerprint density at radius 3 is 2.90 bits per heavy atom. The molecule has 0 aliphatic carbocycles. The molecule has 1 N–H and O–H groups in total. The van der Waals surface area contributed by atoms with E-state index in [0.717, 1.165) is 25.5 Å². The first-order chi connectivity index (χ1) is 9.98. The number of methoxy groups -OCH3 is 1. The van der Waals surface area contributed by atoms with E-state index in [4.69, 9.17) is 4.74 Å². The van der Waals surface area contributed by atoms with Gasteiger partial charge in [0.1, 0.15) is 0 Å². The smallest absolute Gasteiger partial charge is 0.243 e. The number of ether oxygens (including phenoxy) is 1. The molecule has 118 valence electrons. The zero-order valence-electron chi connectivity index (χ0n) is 12.3. The molecule has 0 bridgehead atoms. The molecule has 1 saturated heterocycles. The van der Waals surface area contributed by atoms with Gasteiger partial charge in [-0.25, -0.2) is 12.8 Å². The fraction of sp³-hybridized carbons (Fsp3) is 0.571. The number of hydrogen-bond acceptors (Lipinski definition) is 4. The lowest BCUT2D eigenvalue weighted by molar-refractivity contribution is 0.263. The van der Waals surface area contributed by atoms with Crippen molar-refractivity contribution in [3.8, 4) is 5.75 Å². The van der Waals surface area contributed by atoms with E-state index in [1.165, 1.54) is 23.5 Å². The van der Waals surface area contributed by atoms with Crippen LogP contribution in [-0.4, -0.2) is 46.5 Å². The van der Waals surface area contributed by atoms with E-state index < -0.39 is 15.8 Å². The van der Waals surface area contributed by atoms with Crippen LogP contribution in [0, 0.1) is 11.7 Å². The first-order valence-electron chi connectivity index (χ1n) is 6.97. The van der Waals surface area contributed by atoms with Crippen LogP contribution >= 0.6 is 0 Å². The van der Waals surface area contributed by atoms with Crippen LogP contribution in [0.15, 0.2) is 23.1 Å². The lowest BCUT2D eigenvalue weighted by Gasteiger charge is -2.31. The maximum Gasteiger partial charge on any atom is 0.243 e. The molecule has 1 unspecified atom stereocenters. The first-order valence-corrected chi connectivity index (χ1v) is 8.41. The molecule has 1 aromatic carbocycles. The van der Waals surface area contributed by atoms with E-state index in [0.29, 0.717) is 19.0 Å². The maximum absolute atomic E-state index is 13.4. The number of sulfonamides is 1. The molecular weight excluding hydrogens is 295 g/mol. The lowest BCUT2D eigenvalue weighted by atomic mass is 10.00. The minimum Gasteiger partial charge on any atom is -0.494 e. The van der Waals surface area contributed by atoms with Gasteiger partial charge in [0.2, 0.25) is 10.0 Å². The Morgan fingerprint density at radius 2 is 2.24 bits per heavy atom. The highest BCUT2D eigenvalue weighted by Crippen LogP contribution is 2.27. The van der Waals surface area contributed by atoms with Crippen molar-refractivity contribution in [1.82, 2.24) is 9.62 Å². The van der Waals surface area contributed by atoms with E-state index in [9.17, 15) is 12.8 Å². The first kappa shape index (κ1) is 16.2. The quantitative estimate of drug-likeness (QED) is 0.893. The van der Waals surface area contributed by atoms with Gasteiger partial charge < -0.3 is 10.1 Å². The predicted molar refractivity (Wildman–Crippen MR) is 78.4 cm³/mol. The highest BCUT2D eigenvalue weighted by Gasteiger charge is 2.30. The van der Waals surface area contributed by atoms with Crippen molar-refractivity contribution >= 4 is 10.0 Å². The van der Waals surface area contributed by atoms with Crippen LogP contribution in [0.5, 0.6) is 5.75 Å². The van der Waals surface area contributed by atoms with Crippen LogP contribution < -0.4 is 10.1 Å². The third kappa shape index (κ3) is 3.53. The van der Waals surface area contributed by atoms with Crippen molar-refractivity contribution in [3.63, 3.8) is 0 Å². The molecule has 7 heteroatoms. The number of hydrogen-bond donors (Lipinski definition) is 1. The predicted octanol–water partition coefficient (Wildman–Crippen LogP) is 1.45. The summed E-state index contributed by atoms with van der Waals surface area (Å²) >= 11 is 0. The highest BCUT2D eigenvalue weighted by atomic mass is 32.2. The van der Waals surface area contributed by atoms with Crippen LogP contribution in [0.2, 0.25) is 0 Å². The fourth-order valence-corrected chi connectivity index (χ4v) is 4.22. The summed E-state index contributed by atoms with van der Waals surface area (Å²) in [6.45, 7) is 1.78. The molecule has 0 aromatic heterocycles. The van der Waals surface area contributed by atoms with Crippen LogP contribution in [0.4, 0.5) is 4.39 Å². The Hall–Kier alpha value is -1.18. The molecule has 5 nitrogen and oxygen atoms in total. The van der Waals surface area contributed by atoms with Crippen LogP contribution in [0.3, 0.4) is 0 Å². The van der Waals surface area contributed by atoms with Gasteiger partial charge in [-0.2, -0.15) is 4.31 Å². The van der Waals surface area contributed by atoms with Crippen molar-refractivity contribution in [1.29, 1.82) is 0 Å². The van der Waals surface area contributed by atoms with Crippen LogP contribution in [-0.2, 0) is 10.0 Å². The van der Waals surface area contributed by atoms with Gasteiger partial charge in [-0.1, -0.05) is 0 Å². The Bertz CT molecular complexity index is 590. The minimum atomic E-state index is -3.60. The summed E-state index contributed by atoms with van der Waals surface area (Å²) < 4.78 is 45.0. The van der Waals surface area contributed by atoms with Crippen LogP contribution in [0.25, 0.3) is 0 Å². The molecular formula is C14H21FN2O3S. The molecule has 1 aromatic rings. The Morgan fingerprint density at radius 1 is 1.48 bits per heavy atom. The number of rotatable bonds is 5. The Kier molecular flexibility index (Phi) is 5.18. The van der Waals surface area contributed by atoms with Crippen molar-refractivity contribution in [2.45, 2.75) is 17.7 Å². The van der Waals surface area contributed by atoms with E-state index in [1.807, 2.05) is 7.05 Å². The maximum atomic E-state index is 13.4. The molecule has 21 heavy (non-hydrogen) atoms. The molecule has 1 heterocycles. The third-order valence-corrected chi connectivity index (χ3v) is 5.60. The van der Waals surface area contributed by atoms with Gasteiger partial charge in [-0.15, -0.1) is 0 Å². The molecule has 1 aliphatic heterocycles. The Balaban J connectivity index is 2.25. The lowest BCUT2D eigenvalue weighted by Crippen LogP contribution is -2.42. The van der Waals surface area contributed by atoms with E-state index in [2.05, 4.69) is 5.32 Å². The molecule has 2 rings (SSSR count). The topological polar surface area (TPSA) is 58.6 Å². The van der Waals surface area contributed by atoms with Gasteiger partial charge in [0.25, 0.3) is 0 Å². The zero-order chi connectivity index (χ0) is 15.5. The summed E-state index contributed by atoms with van der Waals surface area (Å²) in [5.74, 6) is -0.316. The van der Waals surface area contributed by atoms with E-state index in [-0.39, 0.29) is 10.6 Å². The second-order valence-electron chi connectivity index (χ2n) is 5.23. The highest BCUT2D eigenvalue weighted by molar-refractivity contribution is 7.89. The number of benzene rings is 1. The summed E-state index contributed by atoms with van der Waals surface area (Å²) in [6.07, 6.45) is 1.85. The van der Waals surface area contributed by atoms with Crippen molar-refractivity contribution in [2.75, 3.05) is 33.8 Å². The number of nitrogens with one attached hydrogen (secondary N) is 1. The fourth-order valence-electron chi connectivity index (χ4n) is 2.65. The normalized spacial score (nSPS) is 20.4. The number of nitrogens with zero attached hydrogens (tertiary/aromatic N) is 1. The SMILES string of the molecule is CNCC1CCCN(S(=O)(=O)c2ccc(F)c(OC)c2)C1. The molecule has 0 radical (unpaired) electrons. The average molecular weight is 316 g/mol.